The Morgan fingerprint density at radius 1 is 1.29 bits per heavy atom. The van der Waals surface area contributed by atoms with Crippen LogP contribution in [-0.2, 0) is 0 Å². The minimum absolute atomic E-state index is 0.614. The Bertz CT molecular complexity index is 239. The van der Waals surface area contributed by atoms with Gasteiger partial charge in [0.05, 0.1) is 0 Å². The SMILES string of the molecule is C=C(C)N1CCC2(C1)CN(C(C)C)C2. The largest absolute Gasteiger partial charge is 0.375 e. The molecule has 0 amide bonds. The summed E-state index contributed by atoms with van der Waals surface area (Å²) in [6.07, 6.45) is 1.36. The Hall–Kier alpha value is -0.500. The van der Waals surface area contributed by atoms with Crippen LogP contribution in [0.4, 0.5) is 0 Å². The molecule has 2 heterocycles. The minimum Gasteiger partial charge on any atom is -0.375 e. The zero-order valence-electron chi connectivity index (χ0n) is 9.71. The number of rotatable bonds is 2. The summed E-state index contributed by atoms with van der Waals surface area (Å²) in [7, 11) is 0. The highest BCUT2D eigenvalue weighted by molar-refractivity contribution is 5.06. The molecular formula is C12H22N2. The van der Waals surface area contributed by atoms with Crippen LogP contribution in [0.15, 0.2) is 12.3 Å². The summed E-state index contributed by atoms with van der Waals surface area (Å²) >= 11 is 0. The molecule has 80 valence electrons. The molecule has 2 nitrogen and oxygen atoms in total. The smallest absolute Gasteiger partial charge is 0.0256 e. The molecule has 2 aliphatic heterocycles. The molecule has 0 N–H and O–H groups in total. The Morgan fingerprint density at radius 2 is 1.93 bits per heavy atom. The molecule has 0 atom stereocenters. The predicted molar refractivity (Wildman–Crippen MR) is 60.1 cm³/mol. The van der Waals surface area contributed by atoms with Gasteiger partial charge in [-0.3, -0.25) is 4.90 Å². The van der Waals surface area contributed by atoms with E-state index >= 15 is 0 Å². The van der Waals surface area contributed by atoms with Gasteiger partial charge in [0.25, 0.3) is 0 Å². The molecule has 0 aromatic rings. The molecule has 0 aromatic heterocycles. The number of hydrogen-bond donors (Lipinski definition) is 0. The van der Waals surface area contributed by atoms with Gasteiger partial charge >= 0.3 is 0 Å². The van der Waals surface area contributed by atoms with E-state index in [9.17, 15) is 0 Å². The minimum atomic E-state index is 0.614. The third-order valence-electron chi connectivity index (χ3n) is 3.79. The monoisotopic (exact) mass is 194 g/mol. The average molecular weight is 194 g/mol. The fraction of sp³-hybridized carbons (Fsp3) is 0.833. The van der Waals surface area contributed by atoms with Crippen molar-refractivity contribution in [3.63, 3.8) is 0 Å². The van der Waals surface area contributed by atoms with Gasteiger partial charge in [0.2, 0.25) is 0 Å². The van der Waals surface area contributed by atoms with E-state index < -0.39 is 0 Å². The van der Waals surface area contributed by atoms with Crippen molar-refractivity contribution in [1.29, 1.82) is 0 Å². The van der Waals surface area contributed by atoms with E-state index in [0.29, 0.717) is 5.41 Å². The Morgan fingerprint density at radius 3 is 2.36 bits per heavy atom. The lowest BCUT2D eigenvalue weighted by atomic mass is 9.78. The maximum absolute atomic E-state index is 4.03. The fourth-order valence-corrected chi connectivity index (χ4v) is 2.70. The first-order valence-corrected chi connectivity index (χ1v) is 5.67. The second kappa shape index (κ2) is 3.27. The van der Waals surface area contributed by atoms with Gasteiger partial charge in [-0.05, 0) is 27.2 Å². The summed E-state index contributed by atoms with van der Waals surface area (Å²) in [4.78, 5) is 5.01. The molecule has 0 saturated carbocycles. The average Bonchev–Trinajstić information content (AvgIpc) is 2.44. The molecule has 0 aromatic carbocycles. The van der Waals surface area contributed by atoms with Crippen LogP contribution >= 0.6 is 0 Å². The summed E-state index contributed by atoms with van der Waals surface area (Å²) in [5.41, 5.74) is 1.85. The van der Waals surface area contributed by atoms with Crippen molar-refractivity contribution in [2.45, 2.75) is 33.2 Å². The molecule has 2 saturated heterocycles. The van der Waals surface area contributed by atoms with Crippen LogP contribution < -0.4 is 0 Å². The third-order valence-corrected chi connectivity index (χ3v) is 3.79. The first kappa shape index (κ1) is 10.0. The highest BCUT2D eigenvalue weighted by Crippen LogP contribution is 2.41. The number of allylic oxidation sites excluding steroid dienone is 1. The molecule has 2 fully saturated rings. The first-order valence-electron chi connectivity index (χ1n) is 5.67. The maximum Gasteiger partial charge on any atom is 0.0256 e. The van der Waals surface area contributed by atoms with Crippen LogP contribution in [-0.4, -0.2) is 42.0 Å². The molecule has 2 heteroatoms. The van der Waals surface area contributed by atoms with E-state index in [1.54, 1.807) is 0 Å². The molecule has 0 bridgehead atoms. The van der Waals surface area contributed by atoms with Gasteiger partial charge in [-0.2, -0.15) is 0 Å². The van der Waals surface area contributed by atoms with E-state index in [-0.39, 0.29) is 0 Å². The lowest BCUT2D eigenvalue weighted by molar-refractivity contribution is -0.0122. The molecule has 2 rings (SSSR count). The van der Waals surface area contributed by atoms with Crippen LogP contribution in [0.3, 0.4) is 0 Å². The van der Waals surface area contributed by atoms with Gasteiger partial charge in [-0.15, -0.1) is 0 Å². The Balaban J connectivity index is 1.88. The molecule has 0 unspecified atom stereocenters. The number of nitrogens with zero attached hydrogens (tertiary/aromatic N) is 2. The summed E-state index contributed by atoms with van der Waals surface area (Å²) in [5.74, 6) is 0. The van der Waals surface area contributed by atoms with E-state index in [2.05, 4.69) is 37.1 Å². The highest BCUT2D eigenvalue weighted by Gasteiger charge is 2.47. The molecule has 1 spiro atoms. The molecule has 2 aliphatic rings. The predicted octanol–water partition coefficient (Wildman–Crippen LogP) is 1.94. The number of likely N-dealkylation sites (tertiary alicyclic amines) is 2. The standard InChI is InChI=1S/C12H22N2/c1-10(2)13-6-5-12(7-13)8-14(9-12)11(3)4/h11H,1,5-9H2,2-4H3. The van der Waals surface area contributed by atoms with E-state index in [1.165, 1.54) is 38.3 Å². The van der Waals surface area contributed by atoms with Crippen molar-refractivity contribution >= 4 is 0 Å². The second-order valence-electron chi connectivity index (χ2n) is 5.41. The number of hydrogen-bond acceptors (Lipinski definition) is 2. The van der Waals surface area contributed by atoms with Gasteiger partial charge in [-0.1, -0.05) is 6.58 Å². The van der Waals surface area contributed by atoms with Crippen molar-refractivity contribution in [1.82, 2.24) is 9.80 Å². The van der Waals surface area contributed by atoms with Crippen LogP contribution in [0.1, 0.15) is 27.2 Å². The van der Waals surface area contributed by atoms with Crippen molar-refractivity contribution < 1.29 is 0 Å². The molecular weight excluding hydrogens is 172 g/mol. The second-order valence-corrected chi connectivity index (χ2v) is 5.41. The van der Waals surface area contributed by atoms with Crippen molar-refractivity contribution in [3.05, 3.63) is 12.3 Å². The summed E-state index contributed by atoms with van der Waals surface area (Å²) < 4.78 is 0. The Labute approximate surface area is 87.6 Å². The molecule has 14 heavy (non-hydrogen) atoms. The van der Waals surface area contributed by atoms with Gasteiger partial charge in [0.15, 0.2) is 0 Å². The zero-order chi connectivity index (χ0) is 10.3. The van der Waals surface area contributed by atoms with Crippen LogP contribution in [0, 0.1) is 5.41 Å². The summed E-state index contributed by atoms with van der Waals surface area (Å²) in [5, 5.41) is 0. The van der Waals surface area contributed by atoms with Gasteiger partial charge in [0, 0.05) is 43.3 Å². The van der Waals surface area contributed by atoms with Gasteiger partial charge < -0.3 is 4.90 Å². The zero-order valence-corrected chi connectivity index (χ0v) is 9.71. The van der Waals surface area contributed by atoms with Gasteiger partial charge in [0.1, 0.15) is 0 Å². The van der Waals surface area contributed by atoms with Crippen LogP contribution in [0.5, 0.6) is 0 Å². The highest BCUT2D eigenvalue weighted by atomic mass is 15.3. The van der Waals surface area contributed by atoms with Crippen LogP contribution in [0.25, 0.3) is 0 Å². The normalized spacial score (nSPS) is 25.9. The van der Waals surface area contributed by atoms with E-state index in [1.807, 2.05) is 0 Å². The van der Waals surface area contributed by atoms with Crippen molar-refractivity contribution in [2.75, 3.05) is 26.2 Å². The van der Waals surface area contributed by atoms with Gasteiger partial charge in [-0.25, -0.2) is 0 Å². The quantitative estimate of drug-likeness (QED) is 0.663. The summed E-state index contributed by atoms with van der Waals surface area (Å²) in [6.45, 7) is 15.8. The van der Waals surface area contributed by atoms with E-state index in [4.69, 9.17) is 0 Å². The van der Waals surface area contributed by atoms with Crippen molar-refractivity contribution in [3.8, 4) is 0 Å². The van der Waals surface area contributed by atoms with Crippen molar-refractivity contribution in [2.24, 2.45) is 5.41 Å². The Kier molecular flexibility index (Phi) is 2.34. The van der Waals surface area contributed by atoms with E-state index in [0.717, 1.165) is 6.04 Å². The van der Waals surface area contributed by atoms with Crippen LogP contribution in [0.2, 0.25) is 0 Å². The topological polar surface area (TPSA) is 6.48 Å². The fourth-order valence-electron chi connectivity index (χ4n) is 2.70. The third kappa shape index (κ3) is 1.56. The lowest BCUT2D eigenvalue weighted by Crippen LogP contribution is -2.59. The molecule has 0 aliphatic carbocycles. The lowest BCUT2D eigenvalue weighted by Gasteiger charge is -2.50. The summed E-state index contributed by atoms with van der Waals surface area (Å²) in [6, 6.07) is 0.722. The first-order chi connectivity index (χ1) is 6.52. The molecule has 0 radical (unpaired) electrons. The maximum atomic E-state index is 4.03.